The summed E-state index contributed by atoms with van der Waals surface area (Å²) in [6.45, 7) is 2.26. The van der Waals surface area contributed by atoms with E-state index in [9.17, 15) is 9.59 Å². The zero-order valence-electron chi connectivity index (χ0n) is 20.6. The highest BCUT2D eigenvalue weighted by Crippen LogP contribution is 2.48. The molecule has 0 radical (unpaired) electrons. The number of methoxy groups -OCH3 is 3. The van der Waals surface area contributed by atoms with E-state index >= 15 is 0 Å². The smallest absolute Gasteiger partial charge is 0.315 e. The van der Waals surface area contributed by atoms with E-state index in [1.54, 1.807) is 21.3 Å². The van der Waals surface area contributed by atoms with Crippen molar-refractivity contribution in [1.29, 1.82) is 0 Å². The van der Waals surface area contributed by atoms with Gasteiger partial charge < -0.3 is 18.9 Å². The van der Waals surface area contributed by atoms with Gasteiger partial charge in [0, 0.05) is 42.0 Å². The molecule has 0 amide bonds. The molecule has 0 bridgehead atoms. The Bertz CT molecular complexity index is 1150. The highest BCUT2D eigenvalue weighted by atomic mass is 16.6. The molecule has 2 aliphatic rings. The number of para-hydroxylation sites is 1. The molecule has 3 atom stereocenters. The number of carbonyl (C=O) groups excluding carboxylic acids is 2. The van der Waals surface area contributed by atoms with Crippen molar-refractivity contribution in [2.75, 3.05) is 34.5 Å². The van der Waals surface area contributed by atoms with Crippen LogP contribution < -0.4 is 9.47 Å². The van der Waals surface area contributed by atoms with Crippen molar-refractivity contribution in [1.82, 2.24) is 0 Å². The van der Waals surface area contributed by atoms with E-state index in [2.05, 4.69) is 0 Å². The molecule has 7 heteroatoms. The average Bonchev–Trinajstić information content (AvgIpc) is 2.87. The van der Waals surface area contributed by atoms with Gasteiger partial charge in [0.2, 0.25) is 0 Å². The maximum absolute atomic E-state index is 13.7. The first-order chi connectivity index (χ1) is 17.0. The van der Waals surface area contributed by atoms with Gasteiger partial charge >= 0.3 is 5.97 Å². The van der Waals surface area contributed by atoms with E-state index in [4.69, 9.17) is 23.9 Å². The van der Waals surface area contributed by atoms with Crippen LogP contribution in [-0.2, 0) is 19.1 Å². The lowest BCUT2D eigenvalue weighted by Crippen LogP contribution is -2.38. The summed E-state index contributed by atoms with van der Waals surface area (Å²) in [4.78, 5) is 31.7. The van der Waals surface area contributed by atoms with E-state index < -0.39 is 17.8 Å². The van der Waals surface area contributed by atoms with Crippen LogP contribution in [0.3, 0.4) is 0 Å². The lowest BCUT2D eigenvalue weighted by Gasteiger charge is -2.37. The first kappa shape index (κ1) is 24.7. The fourth-order valence-electron chi connectivity index (χ4n) is 5.05. The Labute approximate surface area is 205 Å². The van der Waals surface area contributed by atoms with Crippen molar-refractivity contribution in [3.8, 4) is 11.5 Å². The monoisotopic (exact) mass is 477 g/mol. The summed E-state index contributed by atoms with van der Waals surface area (Å²) in [7, 11) is 4.77. The number of ether oxygens (including phenoxy) is 4. The Morgan fingerprint density at radius 2 is 1.71 bits per heavy atom. The molecular formula is C28H31NO6. The van der Waals surface area contributed by atoms with E-state index in [0.717, 1.165) is 22.6 Å². The molecule has 0 N–H and O–H groups in total. The fraction of sp³-hybridized carbons (Fsp3) is 0.393. The number of benzene rings is 2. The van der Waals surface area contributed by atoms with Gasteiger partial charge in [-0.1, -0.05) is 30.3 Å². The third-order valence-corrected chi connectivity index (χ3v) is 6.74. The summed E-state index contributed by atoms with van der Waals surface area (Å²) in [6, 6.07) is 15.3. The van der Waals surface area contributed by atoms with Crippen molar-refractivity contribution < 1.29 is 28.5 Å². The van der Waals surface area contributed by atoms with Crippen molar-refractivity contribution in [2.45, 2.75) is 31.6 Å². The van der Waals surface area contributed by atoms with Gasteiger partial charge in [0.25, 0.3) is 0 Å². The normalized spacial score (nSPS) is 21.8. The number of esters is 1. The van der Waals surface area contributed by atoms with Gasteiger partial charge in [-0.05, 0) is 43.0 Å². The fourth-order valence-corrected chi connectivity index (χ4v) is 5.05. The van der Waals surface area contributed by atoms with E-state index in [1.165, 1.54) is 0 Å². The highest BCUT2D eigenvalue weighted by Gasteiger charge is 2.45. The number of hydrogen-bond acceptors (Lipinski definition) is 7. The largest absolute Gasteiger partial charge is 0.497 e. The molecule has 184 valence electrons. The van der Waals surface area contributed by atoms with Crippen LogP contribution in [0, 0.1) is 5.92 Å². The Balaban J connectivity index is 1.76. The molecule has 7 nitrogen and oxygen atoms in total. The molecule has 1 unspecified atom stereocenters. The summed E-state index contributed by atoms with van der Waals surface area (Å²) >= 11 is 0. The quantitative estimate of drug-likeness (QED) is 0.412. The molecule has 35 heavy (non-hydrogen) atoms. The van der Waals surface area contributed by atoms with Crippen LogP contribution in [0.4, 0.5) is 0 Å². The topological polar surface area (TPSA) is 83.4 Å². The van der Waals surface area contributed by atoms with Crippen LogP contribution >= 0.6 is 0 Å². The molecule has 0 saturated heterocycles. The summed E-state index contributed by atoms with van der Waals surface area (Å²) in [6.07, 6.45) is 0.957. The van der Waals surface area contributed by atoms with E-state index in [-0.39, 0.29) is 18.3 Å². The molecule has 0 fully saturated rings. The summed E-state index contributed by atoms with van der Waals surface area (Å²) in [5.74, 6) is -0.273. The van der Waals surface area contributed by atoms with Gasteiger partial charge in [0.15, 0.2) is 5.78 Å². The molecule has 1 heterocycles. The lowest BCUT2D eigenvalue weighted by molar-refractivity contribution is -0.147. The predicted octanol–water partition coefficient (Wildman–Crippen LogP) is 4.47. The maximum Gasteiger partial charge on any atom is 0.315 e. The van der Waals surface area contributed by atoms with Gasteiger partial charge in [0.1, 0.15) is 24.0 Å². The highest BCUT2D eigenvalue weighted by molar-refractivity contribution is 6.09. The number of carbonyl (C=O) groups is 2. The van der Waals surface area contributed by atoms with Crippen LogP contribution in [0.25, 0.3) is 0 Å². The van der Waals surface area contributed by atoms with Crippen LogP contribution in [0.2, 0.25) is 0 Å². The van der Waals surface area contributed by atoms with E-state index in [1.807, 2.05) is 55.5 Å². The number of hydrogen-bond donors (Lipinski definition) is 0. The van der Waals surface area contributed by atoms with Gasteiger partial charge in [-0.15, -0.1) is 0 Å². The third kappa shape index (κ3) is 5.00. The van der Waals surface area contributed by atoms with Gasteiger partial charge in [-0.25, -0.2) is 0 Å². The van der Waals surface area contributed by atoms with Gasteiger partial charge in [-0.2, -0.15) is 0 Å². The van der Waals surface area contributed by atoms with Crippen LogP contribution in [0.15, 0.2) is 64.8 Å². The minimum atomic E-state index is -0.719. The summed E-state index contributed by atoms with van der Waals surface area (Å²) < 4.78 is 21.4. The van der Waals surface area contributed by atoms with E-state index in [0.29, 0.717) is 36.5 Å². The van der Waals surface area contributed by atoms with Crippen molar-refractivity contribution in [3.05, 3.63) is 70.9 Å². The van der Waals surface area contributed by atoms with Crippen molar-refractivity contribution in [2.24, 2.45) is 10.9 Å². The minimum absolute atomic E-state index is 0.00563. The standard InChI is InChI=1S/C28H31NO6/c1-17-25(28(31)35-14-13-32-2)26(21-7-5-6-8-24(21)34-4)27-22(29-17)15-19(16-23(27)30)18-9-11-20(33-3)12-10-18/h5-12,19,25-26H,13-16H2,1-4H3/t19-,25?,26+/m1/s1. The van der Waals surface area contributed by atoms with Crippen molar-refractivity contribution >= 4 is 17.5 Å². The molecule has 1 aliphatic heterocycles. The second kappa shape index (κ2) is 10.9. The summed E-state index contributed by atoms with van der Waals surface area (Å²) in [5.41, 5.74) is 3.79. The molecule has 2 aromatic carbocycles. The second-order valence-corrected chi connectivity index (χ2v) is 8.77. The number of allylic oxidation sites excluding steroid dienone is 2. The van der Waals surface area contributed by atoms with Crippen LogP contribution in [-0.4, -0.2) is 52.0 Å². The minimum Gasteiger partial charge on any atom is -0.497 e. The molecule has 0 saturated carbocycles. The SMILES string of the molecule is COCCOC(=O)C1C(C)=NC2=C(C(=O)C[C@H](c3ccc(OC)cc3)C2)[C@H]1c1ccccc1OC. The first-order valence-electron chi connectivity index (χ1n) is 11.7. The molecule has 1 aliphatic carbocycles. The third-order valence-electron chi connectivity index (χ3n) is 6.74. The lowest BCUT2D eigenvalue weighted by atomic mass is 9.69. The van der Waals surface area contributed by atoms with Crippen molar-refractivity contribution in [3.63, 3.8) is 0 Å². The number of Topliss-reactive ketones (excluding diaryl/α,β-unsaturated/α-hetero) is 1. The molecule has 4 rings (SSSR count). The average molecular weight is 478 g/mol. The Kier molecular flexibility index (Phi) is 7.66. The second-order valence-electron chi connectivity index (χ2n) is 8.77. The molecule has 2 aromatic rings. The number of nitrogens with zero attached hydrogens (tertiary/aromatic N) is 1. The van der Waals surface area contributed by atoms with Crippen LogP contribution in [0.1, 0.15) is 42.7 Å². The molecule has 0 aromatic heterocycles. The molecule has 0 spiro atoms. The predicted molar refractivity (Wildman–Crippen MR) is 132 cm³/mol. The Morgan fingerprint density at radius 3 is 2.40 bits per heavy atom. The van der Waals surface area contributed by atoms with Gasteiger partial charge in [-0.3, -0.25) is 14.6 Å². The number of ketones is 1. The Hall–Kier alpha value is -3.45. The van der Waals surface area contributed by atoms with Gasteiger partial charge in [0.05, 0.1) is 20.8 Å². The van der Waals surface area contributed by atoms with Crippen LogP contribution in [0.5, 0.6) is 11.5 Å². The zero-order chi connectivity index (χ0) is 24.9. The first-order valence-corrected chi connectivity index (χ1v) is 11.7. The zero-order valence-corrected chi connectivity index (χ0v) is 20.6. The number of rotatable bonds is 8. The Morgan fingerprint density at radius 1 is 0.971 bits per heavy atom. The maximum atomic E-state index is 13.7. The summed E-state index contributed by atoms with van der Waals surface area (Å²) in [5, 5.41) is 0. The molecular weight excluding hydrogens is 446 g/mol. The number of aliphatic imine (C=N–C) groups is 1.